The topological polar surface area (TPSA) is 139 Å². The van der Waals surface area contributed by atoms with Crippen LogP contribution in [0.1, 0.15) is 33.6 Å². The number of carbonyl (C=O) groups is 1. The van der Waals surface area contributed by atoms with E-state index in [4.69, 9.17) is 42.5 Å². The Kier molecular flexibility index (Phi) is 8.47. The first-order valence-corrected chi connectivity index (χ1v) is 16.4. The molecular formula is C28H36N7O5PS. The first-order valence-electron chi connectivity index (χ1n) is 13.7. The van der Waals surface area contributed by atoms with Crippen LogP contribution in [-0.4, -0.2) is 69.5 Å². The number of aromatic nitrogens is 4. The number of fused-ring (bicyclic) bond motifs is 1. The maximum Gasteiger partial charge on any atom is 0.323 e. The predicted molar refractivity (Wildman–Crippen MR) is 163 cm³/mol. The van der Waals surface area contributed by atoms with Gasteiger partial charge in [0.25, 0.3) is 0 Å². The molecule has 1 aliphatic carbocycles. The van der Waals surface area contributed by atoms with Crippen molar-refractivity contribution in [2.24, 2.45) is 5.92 Å². The third-order valence-electron chi connectivity index (χ3n) is 7.13. The highest BCUT2D eigenvalue weighted by Crippen LogP contribution is 2.60. The van der Waals surface area contributed by atoms with Crippen molar-refractivity contribution < 1.29 is 23.3 Å². The molecule has 224 valence electrons. The number of hydrogen-bond donors (Lipinski definition) is 2. The molecule has 3 aromatic rings. The van der Waals surface area contributed by atoms with Crippen molar-refractivity contribution in [3.05, 3.63) is 36.7 Å². The fraction of sp³-hybridized carbons (Fsp3) is 0.500. The van der Waals surface area contributed by atoms with Gasteiger partial charge in [-0.2, -0.15) is 9.97 Å². The number of nitrogens with one attached hydrogen (secondary N) is 1. The zero-order valence-corrected chi connectivity index (χ0v) is 26.0. The molecule has 14 heteroatoms. The molecular weight excluding hydrogens is 577 g/mol. The van der Waals surface area contributed by atoms with Crippen LogP contribution in [0.25, 0.3) is 11.2 Å². The normalized spacial score (nSPS) is 25.2. The van der Waals surface area contributed by atoms with E-state index in [0.29, 0.717) is 42.1 Å². The van der Waals surface area contributed by atoms with Gasteiger partial charge >= 0.3 is 12.6 Å². The summed E-state index contributed by atoms with van der Waals surface area (Å²) in [5, 5.41) is 3.11. The van der Waals surface area contributed by atoms with Crippen molar-refractivity contribution in [3.63, 3.8) is 0 Å². The summed E-state index contributed by atoms with van der Waals surface area (Å²) in [4.78, 5) is 27.7. The maximum atomic E-state index is 12.6. The molecule has 42 heavy (non-hydrogen) atoms. The summed E-state index contributed by atoms with van der Waals surface area (Å²) in [6.45, 7) is 2.45. The highest BCUT2D eigenvalue weighted by atomic mass is 32.5. The molecule has 3 heterocycles. The van der Waals surface area contributed by atoms with Gasteiger partial charge in [-0.25, -0.2) is 10.1 Å². The fourth-order valence-corrected chi connectivity index (χ4v) is 7.85. The summed E-state index contributed by atoms with van der Waals surface area (Å²) >= 11 is 5.92. The van der Waals surface area contributed by atoms with Gasteiger partial charge in [0.1, 0.15) is 11.8 Å². The second-order valence-corrected chi connectivity index (χ2v) is 14.2. The quantitative estimate of drug-likeness (QED) is 0.186. The van der Waals surface area contributed by atoms with Crippen LogP contribution in [0.15, 0.2) is 36.7 Å². The minimum absolute atomic E-state index is 0.157. The molecule has 1 aromatic carbocycles. The first-order chi connectivity index (χ1) is 19.9. The van der Waals surface area contributed by atoms with Crippen LogP contribution in [0.4, 0.5) is 11.8 Å². The molecule has 1 saturated carbocycles. The molecule has 12 nitrogen and oxygen atoms in total. The number of rotatable bonds is 11. The molecule has 1 spiro atoms. The smallest absolute Gasteiger partial charge is 0.323 e. The van der Waals surface area contributed by atoms with Crippen LogP contribution in [0, 0.1) is 18.3 Å². The SMILES string of the molecule is C#C[C@H]1CC2(C[C@H]2O[P@@](=S)(N[C@@H](C)C(=O)OC(C)C)Oc2ccccc2)O[C@H]1Cn1cnc2c(N(C)C)nc(N)nc21. The van der Waals surface area contributed by atoms with Crippen LogP contribution in [0.3, 0.4) is 0 Å². The lowest BCUT2D eigenvalue weighted by Gasteiger charge is -2.27. The van der Waals surface area contributed by atoms with Crippen molar-refractivity contribution in [1.82, 2.24) is 24.6 Å². The van der Waals surface area contributed by atoms with Gasteiger partial charge in [-0.3, -0.25) is 4.79 Å². The van der Waals surface area contributed by atoms with Gasteiger partial charge in [-0.05, 0) is 51.1 Å². The summed E-state index contributed by atoms with van der Waals surface area (Å²) in [7, 11) is 3.75. The first kappa shape index (κ1) is 30.2. The second-order valence-electron chi connectivity index (χ2n) is 11.1. The molecule has 1 aliphatic heterocycles. The van der Waals surface area contributed by atoms with Gasteiger partial charge in [-0.15, -0.1) is 12.3 Å². The lowest BCUT2D eigenvalue weighted by Crippen LogP contribution is -2.36. The summed E-state index contributed by atoms with van der Waals surface area (Å²) < 4.78 is 26.5. The van der Waals surface area contributed by atoms with E-state index in [1.165, 1.54) is 0 Å². The molecule has 3 N–H and O–H groups in total. The Hall–Kier alpha value is -3.27. The molecule has 0 radical (unpaired) electrons. The van der Waals surface area contributed by atoms with Crippen LogP contribution in [-0.2, 0) is 37.1 Å². The molecule has 0 bridgehead atoms. The van der Waals surface area contributed by atoms with E-state index in [9.17, 15) is 4.79 Å². The van der Waals surface area contributed by atoms with Crippen LogP contribution in [0.5, 0.6) is 5.75 Å². The Morgan fingerprint density at radius 2 is 2.05 bits per heavy atom. The molecule has 2 fully saturated rings. The highest BCUT2D eigenvalue weighted by Gasteiger charge is 2.65. The molecule has 5 rings (SSSR count). The second kappa shape index (κ2) is 11.8. The predicted octanol–water partition coefficient (Wildman–Crippen LogP) is 3.27. The van der Waals surface area contributed by atoms with Gasteiger partial charge in [0.15, 0.2) is 17.0 Å². The summed E-state index contributed by atoms with van der Waals surface area (Å²) in [5.41, 5.74) is 6.62. The lowest BCUT2D eigenvalue weighted by atomic mass is 9.99. The minimum atomic E-state index is -3.22. The Morgan fingerprint density at radius 1 is 1.31 bits per heavy atom. The zero-order valence-electron chi connectivity index (χ0n) is 24.3. The zero-order chi connectivity index (χ0) is 30.2. The van der Waals surface area contributed by atoms with Gasteiger partial charge in [-0.1, -0.05) is 18.2 Å². The van der Waals surface area contributed by atoms with Crippen molar-refractivity contribution >= 4 is 47.3 Å². The number of nitrogens with two attached hydrogens (primary N) is 1. The van der Waals surface area contributed by atoms with E-state index in [0.717, 1.165) is 0 Å². The minimum Gasteiger partial charge on any atom is -0.462 e. The number of benzene rings is 1. The number of esters is 1. The van der Waals surface area contributed by atoms with Gasteiger partial charge in [0, 0.05) is 20.5 Å². The maximum absolute atomic E-state index is 12.6. The van der Waals surface area contributed by atoms with Crippen LogP contribution in [0.2, 0.25) is 0 Å². The highest BCUT2D eigenvalue weighted by molar-refractivity contribution is 8.09. The van der Waals surface area contributed by atoms with E-state index < -0.39 is 24.3 Å². The van der Waals surface area contributed by atoms with E-state index in [-0.39, 0.29) is 30.2 Å². The summed E-state index contributed by atoms with van der Waals surface area (Å²) in [6, 6.07) is 8.38. The Bertz CT molecular complexity index is 1540. The van der Waals surface area contributed by atoms with Crippen molar-refractivity contribution in [1.29, 1.82) is 0 Å². The van der Waals surface area contributed by atoms with Gasteiger partial charge < -0.3 is 33.7 Å². The van der Waals surface area contributed by atoms with Crippen LogP contribution < -0.4 is 20.2 Å². The monoisotopic (exact) mass is 613 g/mol. The third kappa shape index (κ3) is 6.38. The number of ether oxygens (including phenoxy) is 2. The molecule has 1 saturated heterocycles. The fourth-order valence-electron chi connectivity index (χ4n) is 5.07. The molecule has 2 aliphatic rings. The van der Waals surface area contributed by atoms with Crippen molar-refractivity contribution in [3.8, 4) is 18.1 Å². The Morgan fingerprint density at radius 3 is 2.71 bits per heavy atom. The number of imidazole rings is 1. The van der Waals surface area contributed by atoms with E-state index >= 15 is 0 Å². The summed E-state index contributed by atoms with van der Waals surface area (Å²) in [6.07, 6.45) is 7.90. The van der Waals surface area contributed by atoms with E-state index in [1.54, 1.807) is 39.2 Å². The standard InChI is InChI=1S/C28H36N7O5PS/c1-7-19-13-28(38-21(19)15-35-16-30-23-24(34(5)6)31-27(29)32-25(23)35)14-22(28)40-41(42,39-20-11-9-8-10-12-20)33-18(4)26(36)37-17(2)3/h1,8-12,16-19,21-22H,13-15H2,2-6H3,(H,33,42)(H2,29,31,32)/t18-,19-,21-,22+,28?,41+/m0/s1. The third-order valence-corrected chi connectivity index (χ3v) is 9.61. The van der Waals surface area contributed by atoms with E-state index in [2.05, 4.69) is 26.0 Å². The number of nitrogen functional groups attached to an aromatic ring is 1. The number of hydrogen-bond acceptors (Lipinski definition) is 11. The van der Waals surface area contributed by atoms with Crippen molar-refractivity contribution in [2.75, 3.05) is 24.7 Å². The summed E-state index contributed by atoms with van der Waals surface area (Å²) in [5.74, 6) is 3.60. The molecule has 2 aromatic heterocycles. The Balaban J connectivity index is 1.33. The number of terminal acetylenes is 1. The van der Waals surface area contributed by atoms with Crippen LogP contribution >= 0.6 is 6.64 Å². The molecule has 0 amide bonds. The number of nitrogens with zero attached hydrogens (tertiary/aromatic N) is 5. The Labute approximate surface area is 250 Å². The largest absolute Gasteiger partial charge is 0.462 e. The molecule has 6 atom stereocenters. The van der Waals surface area contributed by atoms with Crippen molar-refractivity contribution in [2.45, 2.75) is 70.1 Å². The molecule has 1 unspecified atom stereocenters. The number of anilines is 2. The average molecular weight is 614 g/mol. The number of carbonyl (C=O) groups excluding carboxylic acids is 1. The van der Waals surface area contributed by atoms with Gasteiger partial charge in [0.05, 0.1) is 42.7 Å². The van der Waals surface area contributed by atoms with E-state index in [1.807, 2.05) is 41.8 Å². The number of para-hydroxylation sites is 1. The lowest BCUT2D eigenvalue weighted by molar-refractivity contribution is -0.149. The van der Waals surface area contributed by atoms with Gasteiger partial charge in [0.2, 0.25) is 5.95 Å². The average Bonchev–Trinajstić information content (AvgIpc) is 3.23.